The number of nitrogens with one attached hydrogen (secondary N) is 2. The minimum Gasteiger partial charge on any atom is -0.507 e. The second-order valence-corrected chi connectivity index (χ2v) is 8.48. The summed E-state index contributed by atoms with van der Waals surface area (Å²) in [4.78, 5) is 16.8. The molecule has 8 heteroatoms. The van der Waals surface area contributed by atoms with Gasteiger partial charge in [-0.05, 0) is 89.3 Å². The zero-order valence-electron chi connectivity index (χ0n) is 16.5. The zero-order chi connectivity index (χ0) is 22.0. The standard InChI is InChI=1S/C23H18IN3O3S/c1-2-13-6-9-20-18(10-13)26-22(30-20)17-8-7-16(12-19(17)28)25-23(31)27-21(29)14-4-3-5-15(24)11-14/h3-12,28H,2H2,1H3,(H2,25,27,29,31). The first kappa shape index (κ1) is 21.3. The molecule has 156 valence electrons. The van der Waals surface area contributed by atoms with Gasteiger partial charge in [-0.25, -0.2) is 4.98 Å². The van der Waals surface area contributed by atoms with Gasteiger partial charge in [-0.2, -0.15) is 0 Å². The Hall–Kier alpha value is -2.98. The van der Waals surface area contributed by atoms with Crippen molar-refractivity contribution in [3.63, 3.8) is 0 Å². The molecular formula is C23H18IN3O3S. The summed E-state index contributed by atoms with van der Waals surface area (Å²) in [7, 11) is 0. The highest BCUT2D eigenvalue weighted by molar-refractivity contribution is 14.1. The Morgan fingerprint density at radius 2 is 2.00 bits per heavy atom. The minimum absolute atomic E-state index is 0.0148. The fraction of sp³-hybridized carbons (Fsp3) is 0.0870. The Morgan fingerprint density at radius 1 is 1.16 bits per heavy atom. The largest absolute Gasteiger partial charge is 0.507 e. The van der Waals surface area contributed by atoms with Crippen molar-refractivity contribution in [1.29, 1.82) is 0 Å². The van der Waals surface area contributed by atoms with Crippen LogP contribution in [-0.2, 0) is 6.42 Å². The number of carbonyl (C=O) groups excluding carboxylic acids is 1. The molecule has 1 amide bonds. The van der Waals surface area contributed by atoms with E-state index >= 15 is 0 Å². The van der Waals surface area contributed by atoms with Gasteiger partial charge in [-0.15, -0.1) is 0 Å². The van der Waals surface area contributed by atoms with E-state index in [0.717, 1.165) is 21.1 Å². The van der Waals surface area contributed by atoms with Crippen LogP contribution in [0.1, 0.15) is 22.8 Å². The van der Waals surface area contributed by atoms with Crippen molar-refractivity contribution in [3.8, 4) is 17.2 Å². The summed E-state index contributed by atoms with van der Waals surface area (Å²) in [6.07, 6.45) is 0.906. The Kier molecular flexibility index (Phi) is 6.19. The van der Waals surface area contributed by atoms with Crippen LogP contribution < -0.4 is 10.6 Å². The minimum atomic E-state index is -0.310. The molecule has 3 aromatic carbocycles. The van der Waals surface area contributed by atoms with Crippen LogP contribution in [0.3, 0.4) is 0 Å². The number of halogens is 1. The lowest BCUT2D eigenvalue weighted by Gasteiger charge is -2.11. The third kappa shape index (κ3) is 4.86. The lowest BCUT2D eigenvalue weighted by atomic mass is 10.1. The highest BCUT2D eigenvalue weighted by Crippen LogP contribution is 2.33. The van der Waals surface area contributed by atoms with Crippen molar-refractivity contribution < 1.29 is 14.3 Å². The molecule has 0 spiro atoms. The number of amides is 1. The van der Waals surface area contributed by atoms with Crippen LogP contribution in [0, 0.1) is 3.57 Å². The van der Waals surface area contributed by atoms with Crippen LogP contribution in [0.25, 0.3) is 22.6 Å². The number of aromatic hydroxyl groups is 1. The number of nitrogens with zero attached hydrogens (tertiary/aromatic N) is 1. The van der Waals surface area contributed by atoms with Crippen LogP contribution in [0.5, 0.6) is 5.75 Å². The van der Waals surface area contributed by atoms with Crippen molar-refractivity contribution in [3.05, 3.63) is 75.4 Å². The number of hydrogen-bond donors (Lipinski definition) is 3. The van der Waals surface area contributed by atoms with Gasteiger partial charge in [0.1, 0.15) is 11.3 Å². The fourth-order valence-electron chi connectivity index (χ4n) is 3.07. The molecule has 31 heavy (non-hydrogen) atoms. The van der Waals surface area contributed by atoms with E-state index < -0.39 is 0 Å². The zero-order valence-corrected chi connectivity index (χ0v) is 19.5. The Morgan fingerprint density at radius 3 is 2.74 bits per heavy atom. The molecule has 0 aliphatic rings. The number of phenolic OH excluding ortho intramolecular Hbond substituents is 1. The summed E-state index contributed by atoms with van der Waals surface area (Å²) in [5, 5.41) is 16.2. The number of carbonyl (C=O) groups is 1. The lowest BCUT2D eigenvalue weighted by molar-refractivity contribution is 0.0977. The second-order valence-electron chi connectivity index (χ2n) is 6.83. The van der Waals surface area contributed by atoms with E-state index in [1.807, 2.05) is 24.3 Å². The van der Waals surface area contributed by atoms with E-state index in [1.54, 1.807) is 30.3 Å². The van der Waals surface area contributed by atoms with E-state index in [1.165, 1.54) is 6.07 Å². The number of oxazole rings is 1. The summed E-state index contributed by atoms with van der Waals surface area (Å²) < 4.78 is 6.75. The van der Waals surface area contributed by atoms with Crippen molar-refractivity contribution in [1.82, 2.24) is 10.3 Å². The van der Waals surface area contributed by atoms with Crippen molar-refractivity contribution in [2.75, 3.05) is 5.32 Å². The first-order valence-electron chi connectivity index (χ1n) is 9.53. The molecule has 0 fully saturated rings. The Bertz CT molecular complexity index is 1300. The Labute approximate surface area is 197 Å². The summed E-state index contributed by atoms with van der Waals surface area (Å²) in [5.41, 5.74) is 4.07. The molecule has 0 saturated heterocycles. The summed E-state index contributed by atoms with van der Waals surface area (Å²) in [6.45, 7) is 2.08. The molecule has 3 N–H and O–H groups in total. The highest BCUT2D eigenvalue weighted by Gasteiger charge is 2.14. The van der Waals surface area contributed by atoms with Gasteiger partial charge in [-0.1, -0.05) is 19.1 Å². The molecule has 0 radical (unpaired) electrons. The topological polar surface area (TPSA) is 87.4 Å². The van der Waals surface area contributed by atoms with Gasteiger partial charge >= 0.3 is 0 Å². The molecule has 1 aromatic heterocycles. The van der Waals surface area contributed by atoms with Gasteiger partial charge in [-0.3, -0.25) is 10.1 Å². The normalized spacial score (nSPS) is 10.8. The Balaban J connectivity index is 1.48. The van der Waals surface area contributed by atoms with Gasteiger partial charge in [0, 0.05) is 20.9 Å². The number of aromatic nitrogens is 1. The predicted molar refractivity (Wildman–Crippen MR) is 133 cm³/mol. The molecule has 4 aromatic rings. The maximum Gasteiger partial charge on any atom is 0.257 e. The third-order valence-corrected chi connectivity index (χ3v) is 5.54. The highest BCUT2D eigenvalue weighted by atomic mass is 127. The number of thiocarbonyl (C=S) groups is 1. The molecule has 0 aliphatic carbocycles. The molecule has 0 unspecified atom stereocenters. The number of anilines is 1. The van der Waals surface area contributed by atoms with Crippen LogP contribution >= 0.6 is 34.8 Å². The first-order valence-corrected chi connectivity index (χ1v) is 11.0. The van der Waals surface area contributed by atoms with Crippen LogP contribution in [0.15, 0.2) is 65.1 Å². The maximum atomic E-state index is 12.3. The average molecular weight is 543 g/mol. The molecule has 0 bridgehead atoms. The number of fused-ring (bicyclic) bond motifs is 1. The van der Waals surface area contributed by atoms with Gasteiger partial charge < -0.3 is 14.8 Å². The fourth-order valence-corrected chi connectivity index (χ4v) is 3.82. The van der Waals surface area contributed by atoms with Crippen molar-refractivity contribution in [2.45, 2.75) is 13.3 Å². The van der Waals surface area contributed by atoms with Gasteiger partial charge in [0.05, 0.1) is 5.56 Å². The molecule has 0 saturated carbocycles. The van der Waals surface area contributed by atoms with E-state index in [0.29, 0.717) is 28.3 Å². The predicted octanol–water partition coefficient (Wildman–Crippen LogP) is 5.49. The molecule has 1 heterocycles. The SMILES string of the molecule is CCc1ccc2oc(-c3ccc(NC(=S)NC(=O)c4cccc(I)c4)cc3O)nc2c1. The smallest absolute Gasteiger partial charge is 0.257 e. The van der Waals surface area contributed by atoms with Crippen molar-refractivity contribution >= 4 is 62.6 Å². The summed E-state index contributed by atoms with van der Waals surface area (Å²) in [6, 6.07) is 18.0. The molecule has 4 rings (SSSR count). The van der Waals surface area contributed by atoms with E-state index in [4.69, 9.17) is 16.6 Å². The molecular weight excluding hydrogens is 525 g/mol. The number of rotatable bonds is 4. The second kappa shape index (κ2) is 9.03. The first-order chi connectivity index (χ1) is 14.9. The molecule has 0 atom stereocenters. The average Bonchev–Trinajstić information content (AvgIpc) is 3.16. The number of phenols is 1. The van der Waals surface area contributed by atoms with Gasteiger partial charge in [0.15, 0.2) is 10.7 Å². The maximum absolute atomic E-state index is 12.3. The van der Waals surface area contributed by atoms with Crippen LogP contribution in [-0.4, -0.2) is 21.1 Å². The molecule has 0 aliphatic heterocycles. The van der Waals surface area contributed by atoms with E-state index in [9.17, 15) is 9.90 Å². The van der Waals surface area contributed by atoms with Crippen molar-refractivity contribution in [2.24, 2.45) is 0 Å². The summed E-state index contributed by atoms with van der Waals surface area (Å²) in [5.74, 6) is 0.00987. The van der Waals surface area contributed by atoms with E-state index in [-0.39, 0.29) is 16.8 Å². The van der Waals surface area contributed by atoms with Gasteiger partial charge in [0.2, 0.25) is 5.89 Å². The number of hydrogen-bond acceptors (Lipinski definition) is 5. The third-order valence-electron chi connectivity index (χ3n) is 4.66. The monoisotopic (exact) mass is 543 g/mol. The quantitative estimate of drug-likeness (QED) is 0.233. The van der Waals surface area contributed by atoms with Crippen LogP contribution in [0.2, 0.25) is 0 Å². The molecule has 6 nitrogen and oxygen atoms in total. The number of benzene rings is 3. The van der Waals surface area contributed by atoms with Crippen LogP contribution in [0.4, 0.5) is 5.69 Å². The number of aryl methyl sites for hydroxylation is 1. The lowest BCUT2D eigenvalue weighted by Crippen LogP contribution is -2.34. The summed E-state index contributed by atoms with van der Waals surface area (Å²) >= 11 is 7.37. The van der Waals surface area contributed by atoms with Gasteiger partial charge in [0.25, 0.3) is 5.91 Å². The van der Waals surface area contributed by atoms with E-state index in [2.05, 4.69) is 45.1 Å².